The highest BCUT2D eigenvalue weighted by Gasteiger charge is 2.11. The number of carboxylic acids is 1. The normalized spacial score (nSPS) is 11.6. The molecule has 0 saturated heterocycles. The number of hydrogen-bond acceptors (Lipinski definition) is 5. The van der Waals surface area contributed by atoms with Gasteiger partial charge in [-0.25, -0.2) is 0 Å². The van der Waals surface area contributed by atoms with E-state index in [4.69, 9.17) is 25.9 Å². The van der Waals surface area contributed by atoms with E-state index in [0.29, 0.717) is 12.3 Å². The van der Waals surface area contributed by atoms with Crippen LogP contribution < -0.4 is 5.73 Å². The van der Waals surface area contributed by atoms with Gasteiger partial charge in [-0.3, -0.25) is 4.79 Å². The Morgan fingerprint density at radius 3 is 1.77 bits per heavy atom. The highest BCUT2D eigenvalue weighted by atomic mass is 16.5. The maximum atomic E-state index is 10.1. The Morgan fingerprint density at radius 2 is 1.69 bits per heavy atom. The van der Waals surface area contributed by atoms with Crippen LogP contribution in [0.5, 0.6) is 0 Å². The molecule has 0 spiro atoms. The lowest BCUT2D eigenvalue weighted by Crippen LogP contribution is -2.31. The molecule has 0 amide bonds. The Labute approximate surface area is 77.2 Å². The Balaban J connectivity index is 0. The monoisotopic (exact) mass is 193 g/mol. The van der Waals surface area contributed by atoms with Crippen molar-refractivity contribution in [3.05, 3.63) is 0 Å². The molecule has 7 heteroatoms. The number of hydrogen-bond donors (Lipinski definition) is 5. The molecule has 0 unspecified atom stereocenters. The van der Waals surface area contributed by atoms with E-state index in [-0.39, 0.29) is 0 Å². The average Bonchev–Trinajstić information content (AvgIpc) is 1.83. The first-order chi connectivity index (χ1) is 5.77. The summed E-state index contributed by atoms with van der Waals surface area (Å²) in [6, 6.07) is -0.690. The minimum atomic E-state index is -2.17. The molecule has 0 aliphatic rings. The van der Waals surface area contributed by atoms with Gasteiger partial charge in [-0.1, -0.05) is 13.8 Å². The van der Waals surface area contributed by atoms with Gasteiger partial charge in [0.25, 0.3) is 0 Å². The molecule has 0 aromatic heterocycles. The van der Waals surface area contributed by atoms with Crippen molar-refractivity contribution in [1.29, 1.82) is 0 Å². The van der Waals surface area contributed by atoms with Crippen molar-refractivity contribution in [2.75, 3.05) is 0 Å². The summed E-state index contributed by atoms with van der Waals surface area (Å²) in [7, 11) is -2.17. The van der Waals surface area contributed by atoms with Crippen molar-refractivity contribution in [1.82, 2.24) is 0 Å². The van der Waals surface area contributed by atoms with Gasteiger partial charge in [-0.2, -0.15) is 0 Å². The highest BCUT2D eigenvalue weighted by Crippen LogP contribution is 2.01. The molecule has 6 N–H and O–H groups in total. The molecule has 0 aliphatic carbocycles. The van der Waals surface area contributed by atoms with Crippen LogP contribution in [0.2, 0.25) is 0 Å². The van der Waals surface area contributed by atoms with Crippen LogP contribution in [0.1, 0.15) is 20.3 Å². The molecular weight excluding hydrogens is 177 g/mol. The Kier molecular flexibility index (Phi) is 9.15. The van der Waals surface area contributed by atoms with E-state index in [1.54, 1.807) is 0 Å². The summed E-state index contributed by atoms with van der Waals surface area (Å²) in [5.41, 5.74) is 5.22. The van der Waals surface area contributed by atoms with Crippen LogP contribution in [0.25, 0.3) is 0 Å². The molecule has 6 nitrogen and oxygen atoms in total. The third-order valence-corrected chi connectivity index (χ3v) is 1.04. The van der Waals surface area contributed by atoms with Crippen LogP contribution in [-0.4, -0.2) is 39.5 Å². The summed E-state index contributed by atoms with van der Waals surface area (Å²) in [6.07, 6.45) is 0.551. The molecule has 0 rings (SSSR count). The van der Waals surface area contributed by atoms with Crippen LogP contribution in [0, 0.1) is 5.92 Å². The van der Waals surface area contributed by atoms with Gasteiger partial charge < -0.3 is 25.9 Å². The summed E-state index contributed by atoms with van der Waals surface area (Å²) in [5.74, 6) is -0.556. The molecule has 0 saturated carbocycles. The van der Waals surface area contributed by atoms with E-state index in [9.17, 15) is 4.79 Å². The Bertz CT molecular complexity index is 138. The van der Waals surface area contributed by atoms with Crippen LogP contribution >= 0.6 is 0 Å². The first kappa shape index (κ1) is 14.9. The molecule has 1 atom stereocenters. The molecular formula is C6H16BNO5. The van der Waals surface area contributed by atoms with Gasteiger partial charge in [0.2, 0.25) is 0 Å². The molecule has 0 aliphatic heterocycles. The Morgan fingerprint density at radius 1 is 1.38 bits per heavy atom. The zero-order chi connectivity index (χ0) is 11.0. The van der Waals surface area contributed by atoms with E-state index in [2.05, 4.69) is 0 Å². The fourth-order valence-electron chi connectivity index (χ4n) is 0.609. The van der Waals surface area contributed by atoms with Crippen LogP contribution in [-0.2, 0) is 4.79 Å². The third-order valence-electron chi connectivity index (χ3n) is 1.04. The predicted octanol–water partition coefficient (Wildman–Crippen LogP) is -1.61. The summed E-state index contributed by atoms with van der Waals surface area (Å²) >= 11 is 0. The van der Waals surface area contributed by atoms with E-state index < -0.39 is 19.3 Å². The lowest BCUT2D eigenvalue weighted by Gasteiger charge is -2.07. The van der Waals surface area contributed by atoms with Crippen LogP contribution in [0.3, 0.4) is 0 Å². The predicted molar refractivity (Wildman–Crippen MR) is 47.5 cm³/mol. The van der Waals surface area contributed by atoms with Gasteiger partial charge in [-0.15, -0.1) is 0 Å². The van der Waals surface area contributed by atoms with Crippen molar-refractivity contribution in [2.45, 2.75) is 26.3 Å². The second kappa shape index (κ2) is 8.00. The first-order valence-corrected chi connectivity index (χ1v) is 3.80. The molecule has 13 heavy (non-hydrogen) atoms. The molecule has 0 aromatic carbocycles. The van der Waals surface area contributed by atoms with Gasteiger partial charge >= 0.3 is 13.3 Å². The lowest BCUT2D eigenvalue weighted by molar-refractivity contribution is -0.138. The molecule has 0 radical (unpaired) electrons. The molecule has 0 aromatic rings. The number of carbonyl (C=O) groups is 1. The number of nitrogens with two attached hydrogens (primary N) is 1. The topological polar surface area (TPSA) is 124 Å². The largest absolute Gasteiger partial charge is 0.631 e. The van der Waals surface area contributed by atoms with Crippen molar-refractivity contribution < 1.29 is 25.0 Å². The number of carboxylic acid groups (broad SMARTS) is 1. The number of aliphatic carboxylic acids is 1. The quantitative estimate of drug-likeness (QED) is 0.343. The summed E-state index contributed by atoms with van der Waals surface area (Å²) in [5, 5.41) is 29.8. The van der Waals surface area contributed by atoms with Gasteiger partial charge in [0, 0.05) is 0 Å². The molecule has 78 valence electrons. The fourth-order valence-corrected chi connectivity index (χ4v) is 0.609. The standard InChI is InChI=1S/C6H13NO2.BH3O3/c1-4(2)3-5(7)6(8)9;2-1(3)4/h4-5H,3,7H2,1-2H3,(H,8,9);2-4H/t5-;/m0./s1. The molecule has 0 heterocycles. The fraction of sp³-hybridized carbons (Fsp3) is 0.833. The van der Waals surface area contributed by atoms with Crippen LogP contribution in [0.4, 0.5) is 0 Å². The van der Waals surface area contributed by atoms with Gasteiger partial charge in [0.15, 0.2) is 0 Å². The maximum absolute atomic E-state index is 10.1. The minimum absolute atomic E-state index is 0.357. The highest BCUT2D eigenvalue weighted by molar-refractivity contribution is 6.30. The number of rotatable bonds is 3. The van der Waals surface area contributed by atoms with Crippen molar-refractivity contribution in [2.24, 2.45) is 11.7 Å². The van der Waals surface area contributed by atoms with E-state index in [0.717, 1.165) is 0 Å². The minimum Gasteiger partial charge on any atom is -0.480 e. The van der Waals surface area contributed by atoms with Gasteiger partial charge in [-0.05, 0) is 12.3 Å². The van der Waals surface area contributed by atoms with E-state index in [1.807, 2.05) is 13.8 Å². The van der Waals surface area contributed by atoms with Gasteiger partial charge in [0.1, 0.15) is 6.04 Å². The third kappa shape index (κ3) is 18.4. The molecule has 0 fully saturated rings. The first-order valence-electron chi connectivity index (χ1n) is 3.80. The van der Waals surface area contributed by atoms with Crippen molar-refractivity contribution in [3.8, 4) is 0 Å². The molecule has 0 bridgehead atoms. The van der Waals surface area contributed by atoms with Gasteiger partial charge in [0.05, 0.1) is 0 Å². The Hall–Kier alpha value is -0.625. The average molecular weight is 193 g/mol. The summed E-state index contributed by atoms with van der Waals surface area (Å²) in [6.45, 7) is 3.89. The maximum Gasteiger partial charge on any atom is 0.631 e. The zero-order valence-corrected chi connectivity index (χ0v) is 7.71. The smallest absolute Gasteiger partial charge is 0.480 e. The lowest BCUT2D eigenvalue weighted by atomic mass is 10.1. The zero-order valence-electron chi connectivity index (χ0n) is 7.71. The van der Waals surface area contributed by atoms with Crippen molar-refractivity contribution in [3.63, 3.8) is 0 Å². The van der Waals surface area contributed by atoms with Crippen molar-refractivity contribution >= 4 is 13.3 Å². The summed E-state index contributed by atoms with van der Waals surface area (Å²) in [4.78, 5) is 10.1. The van der Waals surface area contributed by atoms with E-state index in [1.165, 1.54) is 0 Å². The van der Waals surface area contributed by atoms with E-state index >= 15 is 0 Å². The second-order valence-electron chi connectivity index (χ2n) is 2.92. The van der Waals surface area contributed by atoms with Crippen LogP contribution in [0.15, 0.2) is 0 Å². The summed E-state index contributed by atoms with van der Waals surface area (Å²) < 4.78 is 0. The SMILES string of the molecule is CC(C)C[C@H](N)C(=O)O.OB(O)O. The second-order valence-corrected chi connectivity index (χ2v) is 2.92.